The van der Waals surface area contributed by atoms with Crippen molar-refractivity contribution in [1.82, 2.24) is 10.6 Å². The predicted octanol–water partition coefficient (Wildman–Crippen LogP) is 2.61. The van der Waals surface area contributed by atoms with Gasteiger partial charge in [-0.3, -0.25) is 4.79 Å². The molecule has 0 aliphatic carbocycles. The number of carbonyl (C=O) groups is 1. The third kappa shape index (κ3) is 10.4. The molecule has 0 aliphatic rings. The van der Waals surface area contributed by atoms with Crippen LogP contribution in [0.15, 0.2) is 0 Å². The number of unbranched alkanes of at least 4 members (excludes halogenated alkanes) is 1. The van der Waals surface area contributed by atoms with Crippen LogP contribution in [0.25, 0.3) is 0 Å². The summed E-state index contributed by atoms with van der Waals surface area (Å²) >= 11 is 0. The summed E-state index contributed by atoms with van der Waals surface area (Å²) in [6.45, 7) is 2.67. The van der Waals surface area contributed by atoms with Crippen LogP contribution in [0.4, 0.5) is 13.2 Å². The number of alkyl halides is 3. The number of amides is 1. The molecule has 0 aromatic carbocycles. The van der Waals surface area contributed by atoms with Crippen molar-refractivity contribution < 1.29 is 18.0 Å². The van der Waals surface area contributed by atoms with Gasteiger partial charge in [0.25, 0.3) is 0 Å². The minimum Gasteiger partial charge on any atom is -0.352 e. The lowest BCUT2D eigenvalue weighted by atomic mass is 10.1. The molecule has 108 valence electrons. The van der Waals surface area contributed by atoms with Gasteiger partial charge in [-0.1, -0.05) is 33.1 Å². The maximum atomic E-state index is 11.9. The SMILES string of the molecule is CCCCC(CCC)NC(=O)CNCC(F)(F)F. The molecule has 1 amide bonds. The fourth-order valence-corrected chi connectivity index (χ4v) is 1.68. The van der Waals surface area contributed by atoms with Gasteiger partial charge in [-0.05, 0) is 12.8 Å². The summed E-state index contributed by atoms with van der Waals surface area (Å²) in [7, 11) is 0. The maximum absolute atomic E-state index is 11.9. The summed E-state index contributed by atoms with van der Waals surface area (Å²) in [4.78, 5) is 11.4. The average Bonchev–Trinajstić information content (AvgIpc) is 2.24. The van der Waals surface area contributed by atoms with Crippen LogP contribution in [0.2, 0.25) is 0 Å². The number of carbonyl (C=O) groups excluding carboxylic acids is 1. The fraction of sp³-hybridized carbons (Fsp3) is 0.917. The maximum Gasteiger partial charge on any atom is 0.401 e. The smallest absolute Gasteiger partial charge is 0.352 e. The van der Waals surface area contributed by atoms with Crippen LogP contribution in [0, 0.1) is 0 Å². The minimum absolute atomic E-state index is 0.0788. The first kappa shape index (κ1) is 17.2. The summed E-state index contributed by atoms with van der Waals surface area (Å²) in [5.74, 6) is -0.367. The van der Waals surface area contributed by atoms with E-state index in [1.807, 2.05) is 6.92 Å². The van der Waals surface area contributed by atoms with Crippen LogP contribution in [0.5, 0.6) is 0 Å². The number of hydrogen-bond acceptors (Lipinski definition) is 2. The Balaban J connectivity index is 3.86. The van der Waals surface area contributed by atoms with Gasteiger partial charge in [0.05, 0.1) is 13.1 Å². The second-order valence-corrected chi connectivity index (χ2v) is 4.41. The van der Waals surface area contributed by atoms with Crippen LogP contribution in [0.3, 0.4) is 0 Å². The fourth-order valence-electron chi connectivity index (χ4n) is 1.68. The first-order valence-electron chi connectivity index (χ1n) is 6.45. The molecular formula is C12H23F3N2O. The molecule has 0 heterocycles. The van der Waals surface area contributed by atoms with Crippen LogP contribution < -0.4 is 10.6 Å². The van der Waals surface area contributed by atoms with E-state index in [1.165, 1.54) is 0 Å². The molecule has 0 fully saturated rings. The highest BCUT2D eigenvalue weighted by molar-refractivity contribution is 5.78. The second-order valence-electron chi connectivity index (χ2n) is 4.41. The van der Waals surface area contributed by atoms with Crippen molar-refractivity contribution in [1.29, 1.82) is 0 Å². The summed E-state index contributed by atoms with van der Waals surface area (Å²) in [5.41, 5.74) is 0. The van der Waals surface area contributed by atoms with Crippen LogP contribution >= 0.6 is 0 Å². The molecule has 0 saturated carbocycles. The molecule has 0 rings (SSSR count). The van der Waals surface area contributed by atoms with E-state index in [1.54, 1.807) is 0 Å². The second kappa shape index (κ2) is 9.19. The Morgan fingerprint density at radius 3 is 2.33 bits per heavy atom. The number of hydrogen-bond donors (Lipinski definition) is 2. The molecule has 0 saturated heterocycles. The standard InChI is InChI=1S/C12H23F3N2O/c1-3-5-7-10(6-4-2)17-11(18)8-16-9-12(13,14)15/h10,16H,3-9H2,1-2H3,(H,17,18). The molecule has 3 nitrogen and oxygen atoms in total. The number of nitrogens with one attached hydrogen (secondary N) is 2. The Kier molecular flexibility index (Phi) is 8.79. The zero-order valence-electron chi connectivity index (χ0n) is 11.1. The van der Waals surface area contributed by atoms with E-state index in [4.69, 9.17) is 0 Å². The van der Waals surface area contributed by atoms with Crippen molar-refractivity contribution in [2.45, 2.75) is 58.2 Å². The van der Waals surface area contributed by atoms with Crippen LogP contribution in [-0.2, 0) is 4.79 Å². The van der Waals surface area contributed by atoms with Crippen molar-refractivity contribution in [3.63, 3.8) is 0 Å². The highest BCUT2D eigenvalue weighted by Gasteiger charge is 2.26. The summed E-state index contributed by atoms with van der Waals surface area (Å²) in [6, 6.07) is 0.0788. The normalized spacial score (nSPS) is 13.4. The lowest BCUT2D eigenvalue weighted by Gasteiger charge is -2.18. The van der Waals surface area contributed by atoms with Gasteiger partial charge in [-0.2, -0.15) is 13.2 Å². The van der Waals surface area contributed by atoms with Gasteiger partial charge in [0, 0.05) is 6.04 Å². The molecule has 0 aromatic rings. The van der Waals surface area contributed by atoms with Gasteiger partial charge in [-0.25, -0.2) is 0 Å². The van der Waals surface area contributed by atoms with Crippen molar-refractivity contribution in [2.75, 3.05) is 13.1 Å². The first-order chi connectivity index (χ1) is 8.39. The topological polar surface area (TPSA) is 41.1 Å². The highest BCUT2D eigenvalue weighted by Crippen LogP contribution is 2.12. The molecule has 1 atom stereocenters. The molecular weight excluding hydrogens is 245 g/mol. The molecule has 2 N–H and O–H groups in total. The van der Waals surface area contributed by atoms with Crippen molar-refractivity contribution in [2.24, 2.45) is 0 Å². The third-order valence-electron chi connectivity index (χ3n) is 2.52. The van der Waals surface area contributed by atoms with E-state index in [2.05, 4.69) is 17.6 Å². The van der Waals surface area contributed by atoms with E-state index in [0.717, 1.165) is 32.1 Å². The van der Waals surface area contributed by atoms with Gasteiger partial charge in [-0.15, -0.1) is 0 Å². The monoisotopic (exact) mass is 268 g/mol. The van der Waals surface area contributed by atoms with E-state index in [0.29, 0.717) is 0 Å². The quantitative estimate of drug-likeness (QED) is 0.675. The summed E-state index contributed by atoms with van der Waals surface area (Å²) < 4.78 is 35.6. The van der Waals surface area contributed by atoms with E-state index in [9.17, 15) is 18.0 Å². The Hall–Kier alpha value is -0.780. The lowest BCUT2D eigenvalue weighted by Crippen LogP contribution is -2.42. The van der Waals surface area contributed by atoms with E-state index >= 15 is 0 Å². The Morgan fingerprint density at radius 1 is 1.17 bits per heavy atom. The van der Waals surface area contributed by atoms with Gasteiger partial charge in [0.2, 0.25) is 5.91 Å². The zero-order chi connectivity index (χ0) is 14.0. The molecule has 0 bridgehead atoms. The largest absolute Gasteiger partial charge is 0.401 e. The number of halogens is 3. The van der Waals surface area contributed by atoms with Crippen molar-refractivity contribution >= 4 is 5.91 Å². The van der Waals surface area contributed by atoms with Gasteiger partial charge in [0.15, 0.2) is 0 Å². The average molecular weight is 268 g/mol. The van der Waals surface area contributed by atoms with Gasteiger partial charge >= 0.3 is 6.18 Å². The molecule has 0 radical (unpaired) electrons. The van der Waals surface area contributed by atoms with Crippen LogP contribution in [0.1, 0.15) is 46.0 Å². The van der Waals surface area contributed by atoms with E-state index in [-0.39, 0.29) is 18.5 Å². The molecule has 0 aromatic heterocycles. The van der Waals surface area contributed by atoms with Gasteiger partial charge < -0.3 is 10.6 Å². The third-order valence-corrected chi connectivity index (χ3v) is 2.52. The van der Waals surface area contributed by atoms with Crippen LogP contribution in [-0.4, -0.2) is 31.2 Å². The Labute approximate surface area is 107 Å². The lowest BCUT2D eigenvalue weighted by molar-refractivity contribution is -0.128. The van der Waals surface area contributed by atoms with E-state index < -0.39 is 12.7 Å². The molecule has 0 aliphatic heterocycles. The zero-order valence-corrected chi connectivity index (χ0v) is 11.1. The number of rotatable bonds is 9. The summed E-state index contributed by atoms with van der Waals surface area (Å²) in [5, 5.41) is 4.86. The minimum atomic E-state index is -4.27. The molecule has 1 unspecified atom stereocenters. The Morgan fingerprint density at radius 2 is 1.83 bits per heavy atom. The molecule has 6 heteroatoms. The summed E-state index contributed by atoms with van der Waals surface area (Å²) in [6.07, 6.45) is 0.486. The first-order valence-corrected chi connectivity index (χ1v) is 6.45. The predicted molar refractivity (Wildman–Crippen MR) is 65.3 cm³/mol. The highest BCUT2D eigenvalue weighted by atomic mass is 19.4. The Bertz CT molecular complexity index is 232. The molecule has 18 heavy (non-hydrogen) atoms. The molecule has 0 spiro atoms. The van der Waals surface area contributed by atoms with Crippen molar-refractivity contribution in [3.8, 4) is 0 Å². The van der Waals surface area contributed by atoms with Crippen molar-refractivity contribution in [3.05, 3.63) is 0 Å². The van der Waals surface area contributed by atoms with Gasteiger partial charge in [0.1, 0.15) is 0 Å².